The van der Waals surface area contributed by atoms with Crippen LogP contribution >= 0.6 is 23.2 Å². The Morgan fingerprint density at radius 2 is 1.76 bits per heavy atom. The van der Waals surface area contributed by atoms with Crippen LogP contribution in [0.3, 0.4) is 0 Å². The van der Waals surface area contributed by atoms with Crippen LogP contribution in [0.1, 0.15) is 41.6 Å². The van der Waals surface area contributed by atoms with Gasteiger partial charge in [-0.3, -0.25) is 9.59 Å². The summed E-state index contributed by atoms with van der Waals surface area (Å²) in [6.45, 7) is -1.54. The molecule has 2 heterocycles. The fourth-order valence-electron chi connectivity index (χ4n) is 4.95. The van der Waals surface area contributed by atoms with Crippen LogP contribution in [0, 0.1) is 11.8 Å². The maximum Gasteiger partial charge on any atom is 0.412 e. The molecule has 0 aliphatic heterocycles. The molecule has 4 rings (SSSR count). The van der Waals surface area contributed by atoms with E-state index in [0.29, 0.717) is 12.8 Å². The van der Waals surface area contributed by atoms with Gasteiger partial charge >= 0.3 is 12.4 Å². The number of nitrogens with one attached hydrogen (secondary N) is 4. The van der Waals surface area contributed by atoms with Crippen LogP contribution in [0.15, 0.2) is 30.4 Å². The van der Waals surface area contributed by atoms with Crippen molar-refractivity contribution in [1.82, 2.24) is 25.6 Å². The van der Waals surface area contributed by atoms with Crippen molar-refractivity contribution in [3.63, 3.8) is 0 Å². The van der Waals surface area contributed by atoms with Gasteiger partial charge in [-0.05, 0) is 49.3 Å². The number of aromatic nitrogens is 3. The summed E-state index contributed by atoms with van der Waals surface area (Å²) in [6.07, 6.45) is -8.01. The lowest BCUT2D eigenvalue weighted by molar-refractivity contribution is -0.183. The Morgan fingerprint density at radius 1 is 1.06 bits per heavy atom. The average Bonchev–Trinajstić information content (AvgIpc) is 3.43. The number of imidazole rings is 1. The SMILES string of the molecule is NC(C(=O)NCc1ccc(Cl)c(Nc2nc3nc(OCC(F)F)c(C(=O)NC/C=C/C4CCC(C(F)(F)F)CC4)cc3[nH]2)c1Cl)C(F)(F)F. The molecular formula is C29H29Cl2F8N7O3. The molecular weight excluding hydrogens is 717 g/mol. The van der Waals surface area contributed by atoms with Gasteiger partial charge in [0, 0.05) is 13.1 Å². The van der Waals surface area contributed by atoms with E-state index in [1.165, 1.54) is 18.2 Å². The van der Waals surface area contributed by atoms with E-state index in [2.05, 4.69) is 25.6 Å². The highest BCUT2D eigenvalue weighted by molar-refractivity contribution is 6.39. The molecule has 2 aromatic heterocycles. The molecule has 0 bridgehead atoms. The van der Waals surface area contributed by atoms with E-state index >= 15 is 0 Å². The topological polar surface area (TPSA) is 147 Å². The minimum atomic E-state index is -4.96. The van der Waals surface area contributed by atoms with Gasteiger partial charge in [0.2, 0.25) is 17.7 Å². The second-order valence-electron chi connectivity index (χ2n) is 11.0. The van der Waals surface area contributed by atoms with Gasteiger partial charge in [0.15, 0.2) is 18.3 Å². The predicted octanol–water partition coefficient (Wildman–Crippen LogP) is 6.81. The molecule has 3 aromatic rings. The molecule has 0 saturated heterocycles. The van der Waals surface area contributed by atoms with Crippen LogP contribution in [0.4, 0.5) is 46.8 Å². The number of H-pyrrole nitrogens is 1. The summed E-state index contributed by atoms with van der Waals surface area (Å²) in [5.74, 6) is -4.14. The number of rotatable bonds is 12. The summed E-state index contributed by atoms with van der Waals surface area (Å²) in [5.41, 5.74) is 4.94. The Kier molecular flexibility index (Phi) is 12.2. The number of pyridine rings is 1. The van der Waals surface area contributed by atoms with Gasteiger partial charge in [-0.1, -0.05) is 41.4 Å². The van der Waals surface area contributed by atoms with E-state index in [1.54, 1.807) is 12.2 Å². The number of fused-ring (bicyclic) bond motifs is 1. The Labute approximate surface area is 283 Å². The number of nitrogens with zero attached hydrogens (tertiary/aromatic N) is 2. The summed E-state index contributed by atoms with van der Waals surface area (Å²) >= 11 is 12.7. The summed E-state index contributed by atoms with van der Waals surface area (Å²) in [7, 11) is 0. The largest absolute Gasteiger partial charge is 0.471 e. The van der Waals surface area contributed by atoms with Crippen LogP contribution < -0.4 is 26.4 Å². The Balaban J connectivity index is 1.48. The first-order valence-corrected chi connectivity index (χ1v) is 15.4. The van der Waals surface area contributed by atoms with Crippen LogP contribution in [0.2, 0.25) is 10.0 Å². The molecule has 268 valence electrons. The van der Waals surface area contributed by atoms with Crippen molar-refractivity contribution in [2.24, 2.45) is 17.6 Å². The van der Waals surface area contributed by atoms with E-state index in [9.17, 15) is 44.7 Å². The highest BCUT2D eigenvalue weighted by Gasteiger charge is 2.42. The Hall–Kier alpha value is -3.90. The number of aromatic amines is 1. The summed E-state index contributed by atoms with van der Waals surface area (Å²) in [4.78, 5) is 35.9. The summed E-state index contributed by atoms with van der Waals surface area (Å²) in [5, 5.41) is 7.35. The highest BCUT2D eigenvalue weighted by atomic mass is 35.5. The molecule has 10 nitrogen and oxygen atoms in total. The summed E-state index contributed by atoms with van der Waals surface area (Å²) < 4.78 is 108. The van der Waals surface area contributed by atoms with Gasteiger partial charge in [0.1, 0.15) is 5.56 Å². The van der Waals surface area contributed by atoms with Gasteiger partial charge in [0.25, 0.3) is 12.3 Å². The lowest BCUT2D eigenvalue weighted by Crippen LogP contribution is -2.49. The number of benzene rings is 1. The van der Waals surface area contributed by atoms with Crippen molar-refractivity contribution < 1.29 is 49.4 Å². The molecule has 0 spiro atoms. The molecule has 49 heavy (non-hydrogen) atoms. The lowest BCUT2D eigenvalue weighted by atomic mass is 9.81. The number of carbonyl (C=O) groups excluding carboxylic acids is 2. The normalized spacial score (nSPS) is 17.8. The Morgan fingerprint density at radius 3 is 2.39 bits per heavy atom. The molecule has 1 unspecified atom stereocenters. The quantitative estimate of drug-likeness (QED) is 0.101. The fourth-order valence-corrected chi connectivity index (χ4v) is 5.48. The third-order valence-electron chi connectivity index (χ3n) is 7.56. The van der Waals surface area contributed by atoms with Crippen molar-refractivity contribution in [3.8, 4) is 5.88 Å². The Bertz CT molecular complexity index is 1680. The molecule has 2 amide bonds. The van der Waals surface area contributed by atoms with E-state index in [-0.39, 0.29) is 69.3 Å². The van der Waals surface area contributed by atoms with Crippen molar-refractivity contribution in [2.75, 3.05) is 18.5 Å². The molecule has 1 aliphatic rings. The van der Waals surface area contributed by atoms with Crippen LogP contribution in [-0.4, -0.2) is 64.7 Å². The molecule has 1 saturated carbocycles. The second-order valence-corrected chi connectivity index (χ2v) is 11.8. The predicted molar refractivity (Wildman–Crippen MR) is 164 cm³/mol. The molecule has 20 heteroatoms. The zero-order chi connectivity index (χ0) is 36.1. The van der Waals surface area contributed by atoms with Crippen LogP contribution in [-0.2, 0) is 11.3 Å². The number of anilines is 2. The first-order chi connectivity index (χ1) is 22.9. The number of hydrogen-bond acceptors (Lipinski definition) is 7. The maximum atomic E-state index is 13.0. The van der Waals surface area contributed by atoms with Gasteiger partial charge in [-0.15, -0.1) is 0 Å². The van der Waals surface area contributed by atoms with Crippen molar-refractivity contribution in [3.05, 3.63) is 51.5 Å². The lowest BCUT2D eigenvalue weighted by Gasteiger charge is -2.28. The number of nitrogens with two attached hydrogens (primary N) is 1. The zero-order valence-electron chi connectivity index (χ0n) is 25.1. The minimum Gasteiger partial charge on any atom is -0.471 e. The molecule has 6 N–H and O–H groups in total. The van der Waals surface area contributed by atoms with Crippen molar-refractivity contribution in [1.29, 1.82) is 0 Å². The number of amides is 2. The smallest absolute Gasteiger partial charge is 0.412 e. The molecule has 1 aromatic carbocycles. The van der Waals surface area contributed by atoms with Gasteiger partial charge < -0.3 is 31.4 Å². The first-order valence-electron chi connectivity index (χ1n) is 14.6. The van der Waals surface area contributed by atoms with Crippen LogP contribution in [0.25, 0.3) is 11.2 Å². The molecule has 1 aliphatic carbocycles. The van der Waals surface area contributed by atoms with E-state index < -0.39 is 61.6 Å². The van der Waals surface area contributed by atoms with E-state index in [0.717, 1.165) is 0 Å². The zero-order valence-corrected chi connectivity index (χ0v) is 26.6. The third-order valence-corrected chi connectivity index (χ3v) is 8.30. The van der Waals surface area contributed by atoms with Gasteiger partial charge in [0.05, 0.1) is 27.2 Å². The van der Waals surface area contributed by atoms with E-state index in [4.69, 9.17) is 33.7 Å². The molecule has 1 atom stereocenters. The number of hydrogen-bond donors (Lipinski definition) is 5. The van der Waals surface area contributed by atoms with Gasteiger partial charge in [-0.25, -0.2) is 8.78 Å². The summed E-state index contributed by atoms with van der Waals surface area (Å²) in [6, 6.07) is 1.21. The minimum absolute atomic E-state index is 0.0178. The van der Waals surface area contributed by atoms with Crippen LogP contribution in [0.5, 0.6) is 5.88 Å². The second kappa shape index (κ2) is 15.8. The number of halogens is 10. The average molecular weight is 746 g/mol. The van der Waals surface area contributed by atoms with E-state index in [1.807, 2.05) is 5.32 Å². The van der Waals surface area contributed by atoms with Gasteiger partial charge in [-0.2, -0.15) is 36.3 Å². The van der Waals surface area contributed by atoms with Crippen molar-refractivity contribution in [2.45, 2.75) is 57.0 Å². The van der Waals surface area contributed by atoms with Crippen molar-refractivity contribution >= 4 is 57.8 Å². The molecule has 1 fully saturated rings. The standard InChI is InChI=1S/C29H29Cl2F8N7O3/c30-17-8-5-14(11-42-25(48)22(40)29(37,38)39)20(31)21(17)44-27-43-18-10-16(26(45-23(18)46-27)49-12-19(32)33)24(47)41-9-1-2-13-3-6-15(7-4-13)28(34,35)36/h1-2,5,8,10,13,15,19,22H,3-4,6-7,9,11-12,40H2,(H,41,47)(H,42,48)(H2,43,44,45,46)/b2-1+. The fraction of sp³-hybridized carbons (Fsp3) is 0.448. The maximum absolute atomic E-state index is 13.0. The third kappa shape index (κ3) is 10.1. The number of ether oxygens (including phenoxy) is 1. The number of carbonyl (C=O) groups is 2. The first kappa shape index (κ1) is 37.9. The number of alkyl halides is 8. The number of allylic oxidation sites excluding steroid dienone is 1. The molecule has 0 radical (unpaired) electrons. The monoisotopic (exact) mass is 745 g/mol. The highest BCUT2D eigenvalue weighted by Crippen LogP contribution is 2.40.